The second-order valence-corrected chi connectivity index (χ2v) is 8.12. The molecule has 0 atom stereocenters. The molecule has 32 heavy (non-hydrogen) atoms. The van der Waals surface area contributed by atoms with E-state index in [4.69, 9.17) is 0 Å². The SMILES string of the molecule is CCc1ccc2c(CC)cc(C=O)cc2c1.CCc1ccc2cc(C=O)cc(CC)c2c1. The van der Waals surface area contributed by atoms with Crippen molar-refractivity contribution < 1.29 is 9.59 Å². The van der Waals surface area contributed by atoms with Crippen molar-refractivity contribution in [2.75, 3.05) is 0 Å². The highest BCUT2D eigenvalue weighted by molar-refractivity contribution is 5.93. The number of rotatable bonds is 6. The molecular weight excluding hydrogens is 392 g/mol. The van der Waals surface area contributed by atoms with Gasteiger partial charge in [0.2, 0.25) is 0 Å². The first-order valence-corrected chi connectivity index (χ1v) is 11.6. The molecular formula is C30H32O2. The molecule has 2 nitrogen and oxygen atoms in total. The van der Waals surface area contributed by atoms with Crippen LogP contribution in [0.15, 0.2) is 60.7 Å². The fraction of sp³-hybridized carbons (Fsp3) is 0.267. The van der Waals surface area contributed by atoms with Gasteiger partial charge in [-0.15, -0.1) is 0 Å². The predicted octanol–water partition coefficient (Wildman–Crippen LogP) is 7.55. The number of aryl methyl sites for hydroxylation is 4. The van der Waals surface area contributed by atoms with Gasteiger partial charge in [-0.1, -0.05) is 64.1 Å². The van der Waals surface area contributed by atoms with E-state index in [1.165, 1.54) is 43.8 Å². The molecule has 0 aliphatic heterocycles. The molecule has 0 aromatic heterocycles. The molecule has 4 rings (SSSR count). The van der Waals surface area contributed by atoms with Crippen molar-refractivity contribution in [1.82, 2.24) is 0 Å². The number of hydrogen-bond donors (Lipinski definition) is 0. The Balaban J connectivity index is 0.000000181. The first-order chi connectivity index (χ1) is 15.6. The number of carbonyl (C=O) groups excluding carboxylic acids is 2. The summed E-state index contributed by atoms with van der Waals surface area (Å²) in [6.45, 7) is 8.55. The van der Waals surface area contributed by atoms with Crippen molar-refractivity contribution in [1.29, 1.82) is 0 Å². The second kappa shape index (κ2) is 10.9. The fourth-order valence-electron chi connectivity index (χ4n) is 4.19. The molecule has 0 radical (unpaired) electrons. The minimum absolute atomic E-state index is 0.772. The van der Waals surface area contributed by atoms with Crippen LogP contribution in [0.1, 0.15) is 70.7 Å². The first-order valence-electron chi connectivity index (χ1n) is 11.6. The third-order valence-electron chi connectivity index (χ3n) is 6.10. The molecule has 0 aliphatic carbocycles. The third kappa shape index (κ3) is 5.13. The number of hydrogen-bond acceptors (Lipinski definition) is 2. The van der Waals surface area contributed by atoms with Gasteiger partial charge < -0.3 is 0 Å². The molecule has 4 aromatic rings. The Labute approximate surface area is 191 Å². The third-order valence-corrected chi connectivity index (χ3v) is 6.10. The van der Waals surface area contributed by atoms with Crippen LogP contribution in [-0.4, -0.2) is 12.6 Å². The Morgan fingerprint density at radius 3 is 1.62 bits per heavy atom. The quantitative estimate of drug-likeness (QED) is 0.299. The summed E-state index contributed by atoms with van der Waals surface area (Å²) in [5.41, 5.74) is 6.72. The maximum absolute atomic E-state index is 10.9. The van der Waals surface area contributed by atoms with Crippen molar-refractivity contribution in [3.63, 3.8) is 0 Å². The predicted molar refractivity (Wildman–Crippen MR) is 136 cm³/mol. The minimum Gasteiger partial charge on any atom is -0.298 e. The van der Waals surface area contributed by atoms with Crippen LogP contribution in [0.25, 0.3) is 21.5 Å². The zero-order valence-corrected chi connectivity index (χ0v) is 19.6. The van der Waals surface area contributed by atoms with Crippen LogP contribution in [0.3, 0.4) is 0 Å². The maximum atomic E-state index is 10.9. The molecule has 2 heteroatoms. The summed E-state index contributed by atoms with van der Waals surface area (Å²) in [7, 11) is 0. The van der Waals surface area contributed by atoms with E-state index in [0.29, 0.717) is 0 Å². The Morgan fingerprint density at radius 2 is 1.06 bits per heavy atom. The Hall–Kier alpha value is -3.26. The fourth-order valence-corrected chi connectivity index (χ4v) is 4.19. The maximum Gasteiger partial charge on any atom is 0.150 e. The normalized spacial score (nSPS) is 10.6. The van der Waals surface area contributed by atoms with Crippen LogP contribution >= 0.6 is 0 Å². The summed E-state index contributed by atoms with van der Waals surface area (Å²) in [5.74, 6) is 0. The van der Waals surface area contributed by atoms with Gasteiger partial charge in [-0.25, -0.2) is 0 Å². The van der Waals surface area contributed by atoms with E-state index < -0.39 is 0 Å². The molecule has 0 fully saturated rings. The summed E-state index contributed by atoms with van der Waals surface area (Å²) >= 11 is 0. The van der Waals surface area contributed by atoms with E-state index in [9.17, 15) is 9.59 Å². The molecule has 164 valence electrons. The summed E-state index contributed by atoms with van der Waals surface area (Å²) in [5, 5.41) is 4.90. The highest BCUT2D eigenvalue weighted by Crippen LogP contribution is 2.24. The molecule has 0 unspecified atom stereocenters. The van der Waals surface area contributed by atoms with Gasteiger partial charge in [0.25, 0.3) is 0 Å². The number of carbonyl (C=O) groups is 2. The summed E-state index contributed by atoms with van der Waals surface area (Å²) in [4.78, 5) is 21.7. The van der Waals surface area contributed by atoms with Crippen LogP contribution in [0.4, 0.5) is 0 Å². The van der Waals surface area contributed by atoms with Gasteiger partial charge in [-0.3, -0.25) is 9.59 Å². The summed E-state index contributed by atoms with van der Waals surface area (Å²) < 4.78 is 0. The minimum atomic E-state index is 0.772. The zero-order valence-electron chi connectivity index (χ0n) is 19.6. The molecule has 0 spiro atoms. The Bertz CT molecular complexity index is 1250. The van der Waals surface area contributed by atoms with Crippen molar-refractivity contribution in [3.05, 3.63) is 94.0 Å². The molecule has 0 amide bonds. The smallest absolute Gasteiger partial charge is 0.150 e. The van der Waals surface area contributed by atoms with E-state index >= 15 is 0 Å². The monoisotopic (exact) mass is 424 g/mol. The van der Waals surface area contributed by atoms with E-state index in [1.807, 2.05) is 24.3 Å². The topological polar surface area (TPSA) is 34.1 Å². The lowest BCUT2D eigenvalue weighted by molar-refractivity contribution is 0.111. The summed E-state index contributed by atoms with van der Waals surface area (Å²) in [6, 6.07) is 20.9. The Morgan fingerprint density at radius 1 is 0.531 bits per heavy atom. The molecule has 0 saturated carbocycles. The second-order valence-electron chi connectivity index (χ2n) is 8.12. The van der Waals surface area contributed by atoms with E-state index in [0.717, 1.165) is 49.4 Å². The van der Waals surface area contributed by atoms with Crippen LogP contribution in [0.5, 0.6) is 0 Å². The molecule has 0 saturated heterocycles. The number of aldehydes is 2. The van der Waals surface area contributed by atoms with E-state index in [-0.39, 0.29) is 0 Å². The van der Waals surface area contributed by atoms with Crippen LogP contribution in [0, 0.1) is 0 Å². The van der Waals surface area contributed by atoms with Gasteiger partial charge in [0, 0.05) is 11.1 Å². The number of fused-ring (bicyclic) bond motifs is 2. The lowest BCUT2D eigenvalue weighted by atomic mass is 9.97. The van der Waals surface area contributed by atoms with E-state index in [2.05, 4.69) is 64.1 Å². The highest BCUT2D eigenvalue weighted by Gasteiger charge is 2.04. The molecule has 0 aliphatic rings. The average molecular weight is 425 g/mol. The standard InChI is InChI=1S/2C15H16O/c1-3-11-5-6-14-8-12(10-16)7-13(4-2)15(14)9-11;1-3-11-5-6-15-13(4-2)8-12(10-16)9-14(15)7-11/h2*5-10H,3-4H2,1-2H3. The van der Waals surface area contributed by atoms with E-state index in [1.54, 1.807) is 0 Å². The van der Waals surface area contributed by atoms with Crippen molar-refractivity contribution in [3.8, 4) is 0 Å². The van der Waals surface area contributed by atoms with Gasteiger partial charge in [0.15, 0.2) is 0 Å². The number of benzene rings is 4. The lowest BCUT2D eigenvalue weighted by Gasteiger charge is -2.07. The van der Waals surface area contributed by atoms with Gasteiger partial charge >= 0.3 is 0 Å². The first kappa shape index (κ1) is 23.4. The van der Waals surface area contributed by atoms with Gasteiger partial charge in [0.05, 0.1) is 0 Å². The van der Waals surface area contributed by atoms with Crippen molar-refractivity contribution >= 4 is 34.1 Å². The largest absolute Gasteiger partial charge is 0.298 e. The zero-order chi connectivity index (χ0) is 23.1. The van der Waals surface area contributed by atoms with Crippen molar-refractivity contribution in [2.24, 2.45) is 0 Å². The Kier molecular flexibility index (Phi) is 7.94. The lowest BCUT2D eigenvalue weighted by Crippen LogP contribution is -1.90. The van der Waals surface area contributed by atoms with Crippen LogP contribution in [-0.2, 0) is 25.7 Å². The highest BCUT2D eigenvalue weighted by atomic mass is 16.1. The molecule has 0 bridgehead atoms. The van der Waals surface area contributed by atoms with Crippen LogP contribution < -0.4 is 0 Å². The molecule has 0 N–H and O–H groups in total. The van der Waals surface area contributed by atoms with Gasteiger partial charge in [-0.2, -0.15) is 0 Å². The molecule has 0 heterocycles. The van der Waals surface area contributed by atoms with Crippen molar-refractivity contribution in [2.45, 2.75) is 53.4 Å². The van der Waals surface area contributed by atoms with Gasteiger partial charge in [-0.05, 0) is 93.7 Å². The van der Waals surface area contributed by atoms with Crippen LogP contribution in [0.2, 0.25) is 0 Å². The van der Waals surface area contributed by atoms with Gasteiger partial charge in [0.1, 0.15) is 12.6 Å². The average Bonchev–Trinajstić information content (AvgIpc) is 2.86. The summed E-state index contributed by atoms with van der Waals surface area (Å²) in [6.07, 6.45) is 5.86. The molecule has 4 aromatic carbocycles.